The molecule has 0 unspecified atom stereocenters. The van der Waals surface area contributed by atoms with Gasteiger partial charge in [0.2, 0.25) is 11.8 Å². The minimum Gasteiger partial charge on any atom is -0.343 e. The molecule has 3 aromatic rings. The van der Waals surface area contributed by atoms with Crippen LogP contribution in [0.15, 0.2) is 66.2 Å². The summed E-state index contributed by atoms with van der Waals surface area (Å²) >= 11 is 1.62. The van der Waals surface area contributed by atoms with Crippen molar-refractivity contribution >= 4 is 23.2 Å². The molecule has 0 bridgehead atoms. The van der Waals surface area contributed by atoms with Gasteiger partial charge in [-0.1, -0.05) is 60.2 Å². The number of aryl methyl sites for hydroxylation is 2. The van der Waals surface area contributed by atoms with E-state index in [4.69, 9.17) is 0 Å². The summed E-state index contributed by atoms with van der Waals surface area (Å²) in [4.78, 5) is 31.6. The standard InChI is InChI=1S/C25H27N3O2S/c1-19-10-12-20(13-11-19)16-24(30)28-17-25(18-28,21-6-3-2-4-7-21)27-22(29)8-5-9-23-26-14-15-31-23/h2-4,6-7,10-15H,5,8-9,16-18H2,1H3,(H,27,29). The first-order valence-corrected chi connectivity index (χ1v) is 11.5. The van der Waals surface area contributed by atoms with Crippen LogP contribution < -0.4 is 5.32 Å². The van der Waals surface area contributed by atoms with Crippen molar-refractivity contribution in [3.8, 4) is 0 Å². The molecule has 0 aliphatic carbocycles. The number of thiazole rings is 1. The molecule has 2 heterocycles. The topological polar surface area (TPSA) is 62.3 Å². The number of benzene rings is 2. The molecule has 1 N–H and O–H groups in total. The van der Waals surface area contributed by atoms with E-state index >= 15 is 0 Å². The van der Waals surface area contributed by atoms with Crippen LogP contribution in [0.1, 0.15) is 34.5 Å². The van der Waals surface area contributed by atoms with Crippen molar-refractivity contribution in [3.05, 3.63) is 87.9 Å². The summed E-state index contributed by atoms with van der Waals surface area (Å²) in [7, 11) is 0. The second-order valence-electron chi connectivity index (χ2n) is 8.19. The van der Waals surface area contributed by atoms with Crippen molar-refractivity contribution in [2.24, 2.45) is 0 Å². The van der Waals surface area contributed by atoms with Gasteiger partial charge >= 0.3 is 0 Å². The third-order valence-corrected chi connectivity index (χ3v) is 6.57. The Morgan fingerprint density at radius 1 is 1.10 bits per heavy atom. The van der Waals surface area contributed by atoms with E-state index in [0.717, 1.165) is 29.0 Å². The van der Waals surface area contributed by atoms with Crippen molar-refractivity contribution in [1.82, 2.24) is 15.2 Å². The number of nitrogens with one attached hydrogen (secondary N) is 1. The highest BCUT2D eigenvalue weighted by Crippen LogP contribution is 2.33. The molecule has 160 valence electrons. The molecule has 5 nitrogen and oxygen atoms in total. The van der Waals surface area contributed by atoms with Crippen molar-refractivity contribution in [1.29, 1.82) is 0 Å². The Labute approximate surface area is 187 Å². The van der Waals surface area contributed by atoms with E-state index < -0.39 is 5.54 Å². The molecule has 31 heavy (non-hydrogen) atoms. The monoisotopic (exact) mass is 433 g/mol. The van der Waals surface area contributed by atoms with Crippen LogP contribution in [0.3, 0.4) is 0 Å². The smallest absolute Gasteiger partial charge is 0.227 e. The number of rotatable bonds is 8. The van der Waals surface area contributed by atoms with Gasteiger partial charge < -0.3 is 10.2 Å². The van der Waals surface area contributed by atoms with Gasteiger partial charge in [-0.15, -0.1) is 11.3 Å². The zero-order chi connectivity index (χ0) is 21.7. The van der Waals surface area contributed by atoms with Gasteiger partial charge in [0.1, 0.15) is 5.54 Å². The van der Waals surface area contributed by atoms with E-state index in [-0.39, 0.29) is 11.8 Å². The molecular formula is C25H27N3O2S. The van der Waals surface area contributed by atoms with Crippen molar-refractivity contribution in [3.63, 3.8) is 0 Å². The first-order valence-electron chi connectivity index (χ1n) is 10.6. The second kappa shape index (κ2) is 9.43. The van der Waals surface area contributed by atoms with Crippen molar-refractivity contribution < 1.29 is 9.59 Å². The maximum absolute atomic E-state index is 12.8. The Morgan fingerprint density at radius 3 is 2.52 bits per heavy atom. The first-order chi connectivity index (χ1) is 15.0. The summed E-state index contributed by atoms with van der Waals surface area (Å²) < 4.78 is 0. The average molecular weight is 434 g/mol. The predicted octanol–water partition coefficient (Wildman–Crippen LogP) is 3.87. The maximum Gasteiger partial charge on any atom is 0.227 e. The summed E-state index contributed by atoms with van der Waals surface area (Å²) in [5.41, 5.74) is 2.73. The predicted molar refractivity (Wildman–Crippen MR) is 123 cm³/mol. The van der Waals surface area contributed by atoms with Gasteiger partial charge in [0.25, 0.3) is 0 Å². The lowest BCUT2D eigenvalue weighted by atomic mass is 9.81. The van der Waals surface area contributed by atoms with Crippen LogP contribution in [0, 0.1) is 6.92 Å². The normalized spacial score (nSPS) is 14.7. The molecule has 2 aromatic carbocycles. The number of likely N-dealkylation sites (tertiary alicyclic amines) is 1. The molecule has 4 rings (SSSR count). The third-order valence-electron chi connectivity index (χ3n) is 5.73. The second-order valence-corrected chi connectivity index (χ2v) is 9.17. The van der Waals surface area contributed by atoms with Gasteiger partial charge in [0.05, 0.1) is 11.4 Å². The Kier molecular flexibility index (Phi) is 6.47. The Morgan fingerprint density at radius 2 is 1.84 bits per heavy atom. The van der Waals surface area contributed by atoms with E-state index in [2.05, 4.69) is 10.3 Å². The van der Waals surface area contributed by atoms with Gasteiger partial charge in [-0.05, 0) is 30.9 Å². The molecule has 0 spiro atoms. The first kappa shape index (κ1) is 21.2. The molecule has 1 aromatic heterocycles. The summed E-state index contributed by atoms with van der Waals surface area (Å²) in [5.74, 6) is 0.111. The lowest BCUT2D eigenvalue weighted by molar-refractivity contribution is -0.142. The summed E-state index contributed by atoms with van der Waals surface area (Å²) in [6, 6.07) is 18.0. The van der Waals surface area contributed by atoms with E-state index in [9.17, 15) is 9.59 Å². The van der Waals surface area contributed by atoms with Crippen LogP contribution in [0.25, 0.3) is 0 Å². The van der Waals surface area contributed by atoms with Crippen LogP contribution in [0.5, 0.6) is 0 Å². The van der Waals surface area contributed by atoms with Gasteiger partial charge in [0, 0.05) is 31.1 Å². The van der Waals surface area contributed by atoms with Crippen LogP contribution in [0.4, 0.5) is 0 Å². The van der Waals surface area contributed by atoms with Gasteiger partial charge in [-0.25, -0.2) is 4.98 Å². The highest BCUT2D eigenvalue weighted by atomic mass is 32.1. The van der Waals surface area contributed by atoms with E-state index in [0.29, 0.717) is 25.9 Å². The number of nitrogens with zero attached hydrogens (tertiary/aromatic N) is 2. The largest absolute Gasteiger partial charge is 0.343 e. The fourth-order valence-corrected chi connectivity index (χ4v) is 4.63. The number of carbonyl (C=O) groups excluding carboxylic acids is 2. The molecule has 1 aliphatic heterocycles. The zero-order valence-electron chi connectivity index (χ0n) is 17.7. The van der Waals surface area contributed by atoms with Gasteiger partial charge in [-0.3, -0.25) is 9.59 Å². The van der Waals surface area contributed by atoms with E-state index in [1.54, 1.807) is 17.5 Å². The van der Waals surface area contributed by atoms with Crippen LogP contribution in [0.2, 0.25) is 0 Å². The lowest BCUT2D eigenvalue weighted by Gasteiger charge is -2.51. The Hall–Kier alpha value is -2.99. The lowest BCUT2D eigenvalue weighted by Crippen LogP contribution is -2.69. The number of hydrogen-bond donors (Lipinski definition) is 1. The quantitative estimate of drug-likeness (QED) is 0.587. The molecule has 6 heteroatoms. The summed E-state index contributed by atoms with van der Waals surface area (Å²) in [6.07, 6.45) is 4.20. The molecule has 1 aliphatic rings. The fraction of sp³-hybridized carbons (Fsp3) is 0.320. The number of amides is 2. The minimum absolute atomic E-state index is 0.0195. The van der Waals surface area contributed by atoms with Gasteiger partial charge in [-0.2, -0.15) is 0 Å². The van der Waals surface area contributed by atoms with E-state index in [1.165, 1.54) is 5.56 Å². The van der Waals surface area contributed by atoms with Gasteiger partial charge in [0.15, 0.2) is 0 Å². The maximum atomic E-state index is 12.8. The molecule has 0 radical (unpaired) electrons. The number of carbonyl (C=O) groups is 2. The fourth-order valence-electron chi connectivity index (χ4n) is 3.97. The molecule has 1 saturated heterocycles. The molecule has 1 fully saturated rings. The van der Waals surface area contributed by atoms with Crippen molar-refractivity contribution in [2.75, 3.05) is 13.1 Å². The minimum atomic E-state index is -0.511. The average Bonchev–Trinajstić information content (AvgIpc) is 3.26. The third kappa shape index (κ3) is 5.20. The van der Waals surface area contributed by atoms with E-state index in [1.807, 2.05) is 71.8 Å². The Bertz CT molecular complexity index is 1010. The SMILES string of the molecule is Cc1ccc(CC(=O)N2CC(NC(=O)CCCc3nccs3)(c3ccccc3)C2)cc1. The van der Waals surface area contributed by atoms with Crippen molar-refractivity contribution in [2.45, 2.75) is 38.1 Å². The number of hydrogen-bond acceptors (Lipinski definition) is 4. The summed E-state index contributed by atoms with van der Waals surface area (Å²) in [5, 5.41) is 6.24. The molecule has 0 atom stereocenters. The zero-order valence-corrected chi connectivity index (χ0v) is 18.5. The highest BCUT2D eigenvalue weighted by molar-refractivity contribution is 7.09. The molecule has 2 amide bonds. The van der Waals surface area contributed by atoms with Crippen LogP contribution >= 0.6 is 11.3 Å². The molecule has 0 saturated carbocycles. The highest BCUT2D eigenvalue weighted by Gasteiger charge is 2.47. The Balaban J connectivity index is 1.37. The number of aromatic nitrogens is 1. The molecular weight excluding hydrogens is 406 g/mol. The van der Waals surface area contributed by atoms with Crippen LogP contribution in [-0.4, -0.2) is 34.8 Å². The summed E-state index contributed by atoms with van der Waals surface area (Å²) in [6.45, 7) is 3.04. The van der Waals surface area contributed by atoms with Crippen LogP contribution in [-0.2, 0) is 28.0 Å².